The average molecular weight is 247 g/mol. The molecule has 5 aliphatic rings. The molecule has 0 spiro atoms. The molecule has 0 N–H and O–H groups in total. The van der Waals surface area contributed by atoms with Crippen molar-refractivity contribution >= 4 is 11.8 Å². The average Bonchev–Trinajstić information content (AvgIpc) is 3.11. The van der Waals surface area contributed by atoms with Gasteiger partial charge in [-0.15, -0.1) is 0 Å². The zero-order chi connectivity index (χ0) is 12.2. The number of carbonyl (C=O) groups excluding carboxylic acids is 2. The topological polar surface area (TPSA) is 55.8 Å². The Hall–Kier alpha value is -1.20. The fourth-order valence-corrected chi connectivity index (χ4v) is 4.74. The van der Waals surface area contributed by atoms with Crippen molar-refractivity contribution in [3.63, 3.8) is 0 Å². The quantitative estimate of drug-likeness (QED) is 0.430. The standard InChI is InChI=1S/C13H13NO4/c1-14-12(15)8-9(13(14)16)11-7-5-3-2-4(17-5)6(7)10(8)18-11/h2-11H,1H3/t4-,5+,6-,7+,8-,9+,10-,11+. The molecule has 4 bridgehead atoms. The molecule has 4 saturated heterocycles. The first kappa shape index (κ1) is 9.69. The molecule has 5 rings (SSSR count). The lowest BCUT2D eigenvalue weighted by Gasteiger charge is -2.30. The number of carbonyl (C=O) groups is 2. The Morgan fingerprint density at radius 3 is 1.94 bits per heavy atom. The minimum Gasteiger partial charge on any atom is -0.372 e. The predicted molar refractivity (Wildman–Crippen MR) is 58.2 cm³/mol. The van der Waals surface area contributed by atoms with Gasteiger partial charge in [-0.25, -0.2) is 0 Å². The van der Waals surface area contributed by atoms with E-state index in [1.807, 2.05) is 0 Å². The molecule has 5 aliphatic heterocycles. The lowest BCUT2D eigenvalue weighted by atomic mass is 9.65. The first-order chi connectivity index (χ1) is 8.68. The maximum atomic E-state index is 12.1. The van der Waals surface area contributed by atoms with Crippen LogP contribution in [0.3, 0.4) is 0 Å². The van der Waals surface area contributed by atoms with Gasteiger partial charge >= 0.3 is 0 Å². The van der Waals surface area contributed by atoms with Gasteiger partial charge in [0.15, 0.2) is 0 Å². The Bertz CT molecular complexity index is 473. The van der Waals surface area contributed by atoms with Gasteiger partial charge < -0.3 is 9.47 Å². The molecule has 0 saturated carbocycles. The second-order valence-electron chi connectivity index (χ2n) is 5.96. The summed E-state index contributed by atoms with van der Waals surface area (Å²) in [4.78, 5) is 25.6. The summed E-state index contributed by atoms with van der Waals surface area (Å²) in [6.07, 6.45) is 4.10. The summed E-state index contributed by atoms with van der Waals surface area (Å²) in [6, 6.07) is 0. The number of hydrogen-bond acceptors (Lipinski definition) is 4. The summed E-state index contributed by atoms with van der Waals surface area (Å²) in [7, 11) is 1.58. The summed E-state index contributed by atoms with van der Waals surface area (Å²) >= 11 is 0. The van der Waals surface area contributed by atoms with E-state index in [0.29, 0.717) is 0 Å². The van der Waals surface area contributed by atoms with E-state index in [1.165, 1.54) is 4.90 Å². The number of hydrogen-bond donors (Lipinski definition) is 0. The summed E-state index contributed by atoms with van der Waals surface area (Å²) in [5, 5.41) is 0. The minimum atomic E-state index is -0.259. The second-order valence-corrected chi connectivity index (χ2v) is 5.96. The Kier molecular flexibility index (Phi) is 1.45. The first-order valence-corrected chi connectivity index (χ1v) is 6.49. The summed E-state index contributed by atoms with van der Waals surface area (Å²) < 4.78 is 11.8. The third-order valence-electron chi connectivity index (χ3n) is 5.41. The second kappa shape index (κ2) is 2.70. The Labute approximate surface area is 104 Å². The highest BCUT2D eigenvalue weighted by Gasteiger charge is 2.72. The lowest BCUT2D eigenvalue weighted by Crippen LogP contribution is -2.44. The van der Waals surface area contributed by atoms with E-state index in [-0.39, 0.29) is 59.9 Å². The SMILES string of the molecule is CN1C(=O)[C@@H]2[C@H]3O[C@@H]([C@@H]2C1=O)[C@H]1[C@@H]3[C@@H]2C=C[C@H]1O2. The zero-order valence-corrected chi connectivity index (χ0v) is 9.85. The summed E-state index contributed by atoms with van der Waals surface area (Å²) in [6.45, 7) is 0. The van der Waals surface area contributed by atoms with Gasteiger partial charge in [-0.1, -0.05) is 12.2 Å². The Morgan fingerprint density at radius 2 is 1.44 bits per heavy atom. The van der Waals surface area contributed by atoms with Gasteiger partial charge in [-0.3, -0.25) is 14.5 Å². The van der Waals surface area contributed by atoms with E-state index >= 15 is 0 Å². The number of fused-ring (bicyclic) bond motifs is 12. The van der Waals surface area contributed by atoms with E-state index in [4.69, 9.17) is 9.47 Å². The third kappa shape index (κ3) is 0.788. The van der Waals surface area contributed by atoms with Gasteiger partial charge in [0.1, 0.15) is 0 Å². The fraction of sp³-hybridized carbons (Fsp3) is 0.692. The van der Waals surface area contributed by atoms with Gasteiger partial charge in [0, 0.05) is 18.9 Å². The maximum absolute atomic E-state index is 12.1. The number of ether oxygens (including phenoxy) is 2. The Balaban J connectivity index is 1.62. The highest BCUT2D eigenvalue weighted by Crippen LogP contribution is 2.60. The van der Waals surface area contributed by atoms with E-state index in [0.717, 1.165) is 0 Å². The van der Waals surface area contributed by atoms with Crippen LogP contribution in [0.25, 0.3) is 0 Å². The van der Waals surface area contributed by atoms with Gasteiger partial charge in [0.05, 0.1) is 36.3 Å². The van der Waals surface area contributed by atoms with Gasteiger partial charge in [-0.2, -0.15) is 0 Å². The molecule has 0 aromatic carbocycles. The number of likely N-dealkylation sites (tertiary alicyclic amines) is 1. The smallest absolute Gasteiger partial charge is 0.235 e. The maximum Gasteiger partial charge on any atom is 0.235 e. The molecule has 5 heteroatoms. The molecule has 0 radical (unpaired) electrons. The largest absolute Gasteiger partial charge is 0.372 e. The zero-order valence-electron chi connectivity index (χ0n) is 9.85. The summed E-state index contributed by atoms with van der Waals surface area (Å²) in [5.74, 6) is -0.107. The third-order valence-corrected chi connectivity index (χ3v) is 5.41. The normalized spacial score (nSPS) is 58.8. The van der Waals surface area contributed by atoms with Crippen molar-refractivity contribution in [1.82, 2.24) is 4.90 Å². The van der Waals surface area contributed by atoms with Crippen LogP contribution in [0.2, 0.25) is 0 Å². The van der Waals surface area contributed by atoms with Crippen molar-refractivity contribution in [2.75, 3.05) is 7.05 Å². The van der Waals surface area contributed by atoms with Crippen LogP contribution in [0.1, 0.15) is 0 Å². The number of nitrogens with zero attached hydrogens (tertiary/aromatic N) is 1. The van der Waals surface area contributed by atoms with E-state index in [9.17, 15) is 9.59 Å². The molecule has 0 aromatic heterocycles. The van der Waals surface area contributed by atoms with Crippen LogP contribution in [0, 0.1) is 23.7 Å². The molecule has 94 valence electrons. The van der Waals surface area contributed by atoms with Crippen LogP contribution in [-0.4, -0.2) is 48.2 Å². The monoisotopic (exact) mass is 247 g/mol. The number of amides is 2. The molecular weight excluding hydrogens is 234 g/mol. The Morgan fingerprint density at radius 1 is 0.944 bits per heavy atom. The molecule has 0 unspecified atom stereocenters. The van der Waals surface area contributed by atoms with Crippen LogP contribution in [0.5, 0.6) is 0 Å². The van der Waals surface area contributed by atoms with Crippen molar-refractivity contribution < 1.29 is 19.1 Å². The van der Waals surface area contributed by atoms with Crippen molar-refractivity contribution in [2.24, 2.45) is 23.7 Å². The fourth-order valence-electron chi connectivity index (χ4n) is 4.74. The van der Waals surface area contributed by atoms with Gasteiger partial charge in [0.25, 0.3) is 0 Å². The molecule has 2 amide bonds. The van der Waals surface area contributed by atoms with Crippen molar-refractivity contribution in [2.45, 2.75) is 24.4 Å². The molecule has 4 fully saturated rings. The van der Waals surface area contributed by atoms with E-state index in [2.05, 4.69) is 12.2 Å². The van der Waals surface area contributed by atoms with Gasteiger partial charge in [0.2, 0.25) is 11.8 Å². The van der Waals surface area contributed by atoms with Crippen LogP contribution in [-0.2, 0) is 19.1 Å². The first-order valence-electron chi connectivity index (χ1n) is 6.49. The highest BCUT2D eigenvalue weighted by molar-refractivity contribution is 6.06. The lowest BCUT2D eigenvalue weighted by molar-refractivity contribution is -0.141. The van der Waals surface area contributed by atoms with Crippen molar-refractivity contribution in [3.05, 3.63) is 12.2 Å². The van der Waals surface area contributed by atoms with Crippen molar-refractivity contribution in [3.8, 4) is 0 Å². The molecule has 5 heterocycles. The highest BCUT2D eigenvalue weighted by atomic mass is 16.5. The molecule has 0 aromatic rings. The predicted octanol–water partition coefficient (Wildman–Crippen LogP) is -0.432. The van der Waals surface area contributed by atoms with Crippen LogP contribution in [0.15, 0.2) is 12.2 Å². The number of imide groups is 1. The van der Waals surface area contributed by atoms with Crippen LogP contribution in [0.4, 0.5) is 0 Å². The number of rotatable bonds is 0. The molecule has 5 nitrogen and oxygen atoms in total. The molecular formula is C13H13NO4. The molecule has 18 heavy (non-hydrogen) atoms. The van der Waals surface area contributed by atoms with Crippen LogP contribution < -0.4 is 0 Å². The molecule has 8 atom stereocenters. The minimum absolute atomic E-state index is 0.0669. The van der Waals surface area contributed by atoms with E-state index in [1.54, 1.807) is 7.05 Å². The molecule has 0 aliphatic carbocycles. The van der Waals surface area contributed by atoms with Crippen LogP contribution >= 0.6 is 0 Å². The summed E-state index contributed by atoms with van der Waals surface area (Å²) in [5.41, 5.74) is 0. The van der Waals surface area contributed by atoms with E-state index < -0.39 is 0 Å². The van der Waals surface area contributed by atoms with Crippen molar-refractivity contribution in [1.29, 1.82) is 0 Å². The van der Waals surface area contributed by atoms with Gasteiger partial charge in [-0.05, 0) is 0 Å².